The van der Waals surface area contributed by atoms with E-state index >= 15 is 0 Å². The predicted octanol–water partition coefficient (Wildman–Crippen LogP) is 6.40. The minimum absolute atomic E-state index is 0.0311. The van der Waals surface area contributed by atoms with E-state index in [1.165, 1.54) is 6.42 Å². The molecule has 37 heavy (non-hydrogen) atoms. The summed E-state index contributed by atoms with van der Waals surface area (Å²) in [6.45, 7) is 5.45. The number of nitrogens with one attached hydrogen (secondary N) is 1. The van der Waals surface area contributed by atoms with Gasteiger partial charge in [0.1, 0.15) is 5.75 Å². The third-order valence-corrected chi connectivity index (χ3v) is 8.16. The zero-order valence-electron chi connectivity index (χ0n) is 21.0. The monoisotopic (exact) mass is 563 g/mol. The Hall–Kier alpha value is -2.52. The van der Waals surface area contributed by atoms with Crippen molar-refractivity contribution in [2.75, 3.05) is 18.8 Å². The number of benzene rings is 2. The Morgan fingerprint density at radius 3 is 2.38 bits per heavy atom. The summed E-state index contributed by atoms with van der Waals surface area (Å²) < 4.78 is 31.6. The molecule has 2 heterocycles. The average molecular weight is 565 g/mol. The van der Waals surface area contributed by atoms with Crippen LogP contribution in [0.5, 0.6) is 5.75 Å². The van der Waals surface area contributed by atoms with Crippen molar-refractivity contribution in [3.05, 3.63) is 69.8 Å². The molecule has 10 heteroatoms. The van der Waals surface area contributed by atoms with Crippen molar-refractivity contribution in [1.82, 2.24) is 15.0 Å². The summed E-state index contributed by atoms with van der Waals surface area (Å²) in [5, 5.41) is 2.93. The molecule has 0 radical (unpaired) electrons. The van der Waals surface area contributed by atoms with Crippen molar-refractivity contribution in [3.63, 3.8) is 0 Å². The first-order valence-corrected chi connectivity index (χ1v) is 14.8. The Morgan fingerprint density at radius 2 is 1.73 bits per heavy atom. The number of hydrogen-bond donors (Lipinski definition) is 1. The van der Waals surface area contributed by atoms with E-state index in [1.807, 2.05) is 35.6 Å². The van der Waals surface area contributed by atoms with Crippen LogP contribution in [0.15, 0.2) is 48.5 Å². The minimum Gasteiger partial charge on any atom is -0.382 e. The first kappa shape index (κ1) is 27.5. The number of unbranched alkanes of at least 4 members (excludes halogenated alkanes) is 1. The third-order valence-electron chi connectivity index (χ3n) is 6.38. The summed E-state index contributed by atoms with van der Waals surface area (Å²) in [7, 11) is -3.66. The van der Waals surface area contributed by atoms with E-state index in [2.05, 4.69) is 5.43 Å². The Bertz CT molecular complexity index is 1370. The highest BCUT2D eigenvalue weighted by atomic mass is 35.5. The van der Waals surface area contributed by atoms with Gasteiger partial charge in [-0.15, -0.1) is 0 Å². The second-order valence-electron chi connectivity index (χ2n) is 9.17. The number of carbonyl (C=O) groups is 1. The lowest BCUT2D eigenvalue weighted by atomic mass is 10.1. The van der Waals surface area contributed by atoms with Gasteiger partial charge in [-0.2, -0.15) is 8.42 Å². The number of amides is 1. The summed E-state index contributed by atoms with van der Waals surface area (Å²) in [6.07, 6.45) is 4.57. The Morgan fingerprint density at radius 1 is 1.03 bits per heavy atom. The zero-order valence-corrected chi connectivity index (χ0v) is 23.3. The molecule has 198 valence electrons. The first-order valence-electron chi connectivity index (χ1n) is 12.4. The van der Waals surface area contributed by atoms with Crippen LogP contribution in [-0.2, 0) is 10.1 Å². The highest BCUT2D eigenvalue weighted by molar-refractivity contribution is 7.87. The van der Waals surface area contributed by atoms with Crippen LogP contribution in [0.4, 0.5) is 0 Å². The van der Waals surface area contributed by atoms with Crippen LogP contribution in [0.2, 0.25) is 10.0 Å². The fourth-order valence-electron chi connectivity index (χ4n) is 4.43. The lowest BCUT2D eigenvalue weighted by molar-refractivity contribution is 0.0749. The minimum atomic E-state index is -3.66. The number of piperidine rings is 1. The Labute approximate surface area is 228 Å². The van der Waals surface area contributed by atoms with E-state index < -0.39 is 10.1 Å². The molecule has 1 fully saturated rings. The van der Waals surface area contributed by atoms with Crippen molar-refractivity contribution >= 4 is 39.2 Å². The number of rotatable bonds is 9. The largest absolute Gasteiger partial charge is 0.382 e. The molecule has 1 aliphatic rings. The molecular weight excluding hydrogens is 533 g/mol. The number of aromatic nitrogens is 1. The number of hydrogen-bond acceptors (Lipinski definition) is 5. The molecule has 0 atom stereocenters. The zero-order chi connectivity index (χ0) is 26.6. The first-order chi connectivity index (χ1) is 17.7. The molecule has 0 saturated carbocycles. The second-order valence-corrected chi connectivity index (χ2v) is 11.7. The number of hydrazine groups is 1. The van der Waals surface area contributed by atoms with Gasteiger partial charge in [-0.25, -0.2) is 5.01 Å². The van der Waals surface area contributed by atoms with E-state index in [4.69, 9.17) is 27.4 Å². The van der Waals surface area contributed by atoms with Crippen LogP contribution in [0.1, 0.15) is 55.1 Å². The Balaban J connectivity index is 1.71. The van der Waals surface area contributed by atoms with Gasteiger partial charge in [-0.1, -0.05) is 43.0 Å². The van der Waals surface area contributed by atoms with Gasteiger partial charge in [0.05, 0.1) is 22.0 Å². The van der Waals surface area contributed by atoms with E-state index in [1.54, 1.807) is 36.4 Å². The molecule has 0 spiro atoms. The average Bonchev–Trinajstić information content (AvgIpc) is 3.20. The van der Waals surface area contributed by atoms with Gasteiger partial charge in [0, 0.05) is 35.1 Å². The van der Waals surface area contributed by atoms with Gasteiger partial charge in [0.2, 0.25) is 0 Å². The SMILES string of the molecule is CCCCS(=O)(=O)Oc1ccc(-n2c(-c3ccc(Cl)cc3Cl)cc(C(=O)NN3CCCCC3)c2C)cc1. The maximum absolute atomic E-state index is 13.3. The topological polar surface area (TPSA) is 80.6 Å². The van der Waals surface area contributed by atoms with Gasteiger partial charge < -0.3 is 8.75 Å². The summed E-state index contributed by atoms with van der Waals surface area (Å²) in [6, 6.07) is 13.8. The van der Waals surface area contributed by atoms with E-state index in [9.17, 15) is 13.2 Å². The van der Waals surface area contributed by atoms with Gasteiger partial charge in [-0.3, -0.25) is 10.2 Å². The van der Waals surface area contributed by atoms with Gasteiger partial charge in [0.15, 0.2) is 0 Å². The van der Waals surface area contributed by atoms with Crippen molar-refractivity contribution in [1.29, 1.82) is 0 Å². The predicted molar refractivity (Wildman–Crippen MR) is 148 cm³/mol. The molecule has 0 bridgehead atoms. The smallest absolute Gasteiger partial charge is 0.309 e. The maximum atomic E-state index is 13.3. The van der Waals surface area contributed by atoms with Crippen molar-refractivity contribution in [2.24, 2.45) is 0 Å². The fourth-order valence-corrected chi connectivity index (χ4v) is 6.07. The lowest BCUT2D eigenvalue weighted by Crippen LogP contribution is -2.45. The van der Waals surface area contributed by atoms with Crippen LogP contribution in [-0.4, -0.2) is 42.7 Å². The quantitative estimate of drug-likeness (QED) is 0.304. The summed E-state index contributed by atoms with van der Waals surface area (Å²) in [5.41, 5.74) is 6.44. The normalized spacial score (nSPS) is 14.5. The van der Waals surface area contributed by atoms with Gasteiger partial charge in [0.25, 0.3) is 5.91 Å². The Kier molecular flexibility index (Phi) is 8.85. The molecule has 3 aromatic rings. The molecule has 7 nitrogen and oxygen atoms in total. The van der Waals surface area contributed by atoms with Crippen LogP contribution in [0.3, 0.4) is 0 Å². The highest BCUT2D eigenvalue weighted by Gasteiger charge is 2.23. The summed E-state index contributed by atoms with van der Waals surface area (Å²) >= 11 is 12.7. The van der Waals surface area contributed by atoms with E-state index in [-0.39, 0.29) is 17.4 Å². The van der Waals surface area contributed by atoms with Crippen molar-refractivity contribution in [2.45, 2.75) is 46.0 Å². The maximum Gasteiger partial charge on any atom is 0.309 e. The summed E-state index contributed by atoms with van der Waals surface area (Å²) in [5.74, 6) is 0.0154. The lowest BCUT2D eigenvalue weighted by Gasteiger charge is -2.26. The molecule has 1 amide bonds. The van der Waals surface area contributed by atoms with E-state index in [0.717, 1.165) is 43.7 Å². The van der Waals surface area contributed by atoms with Crippen LogP contribution >= 0.6 is 23.2 Å². The molecule has 0 aliphatic carbocycles. The molecule has 4 rings (SSSR count). The molecular formula is C27H31Cl2N3O4S. The van der Waals surface area contributed by atoms with E-state index in [0.29, 0.717) is 33.3 Å². The van der Waals surface area contributed by atoms with Crippen molar-refractivity contribution in [3.8, 4) is 22.7 Å². The van der Waals surface area contributed by atoms with Gasteiger partial charge in [-0.05, 0) is 74.7 Å². The fraction of sp³-hybridized carbons (Fsp3) is 0.370. The third kappa shape index (κ3) is 6.68. The van der Waals surface area contributed by atoms with Crippen LogP contribution in [0, 0.1) is 6.92 Å². The van der Waals surface area contributed by atoms with Crippen LogP contribution < -0.4 is 9.61 Å². The molecule has 1 N–H and O–H groups in total. The second kappa shape index (κ2) is 11.9. The van der Waals surface area contributed by atoms with Crippen LogP contribution in [0.25, 0.3) is 16.9 Å². The number of carbonyl (C=O) groups excluding carboxylic acids is 1. The standard InChI is InChI=1S/C27H31Cl2N3O4S/c1-3-4-16-37(34,35)36-22-11-9-21(10-12-22)32-19(2)24(27(33)30-31-14-6-5-7-15-31)18-26(32)23-13-8-20(28)17-25(23)29/h8-13,17-18H,3-7,14-16H2,1-2H3,(H,30,33). The van der Waals surface area contributed by atoms with Gasteiger partial charge >= 0.3 is 10.1 Å². The molecule has 1 saturated heterocycles. The van der Waals surface area contributed by atoms with Crippen molar-refractivity contribution < 1.29 is 17.4 Å². The highest BCUT2D eigenvalue weighted by Crippen LogP contribution is 2.35. The molecule has 1 aliphatic heterocycles. The molecule has 2 aromatic carbocycles. The molecule has 1 aromatic heterocycles. The summed E-state index contributed by atoms with van der Waals surface area (Å²) in [4.78, 5) is 13.3. The number of nitrogens with zero attached hydrogens (tertiary/aromatic N) is 2. The molecule has 0 unspecified atom stereocenters. The number of halogens is 2.